The molecule has 0 aliphatic carbocycles. The first-order chi connectivity index (χ1) is 13.3. The van der Waals surface area contributed by atoms with Gasteiger partial charge in [-0.3, -0.25) is 9.35 Å². The van der Waals surface area contributed by atoms with E-state index in [0.717, 1.165) is 25.2 Å². The van der Waals surface area contributed by atoms with Crippen molar-refractivity contribution in [2.24, 2.45) is 5.73 Å². The second-order valence-electron chi connectivity index (χ2n) is 5.80. The van der Waals surface area contributed by atoms with Crippen LogP contribution in [0.25, 0.3) is 0 Å². The zero-order valence-electron chi connectivity index (χ0n) is 15.4. The molecule has 0 unspecified atom stereocenters. The van der Waals surface area contributed by atoms with Gasteiger partial charge in [0.05, 0.1) is 17.3 Å². The predicted octanol–water partition coefficient (Wildman–Crippen LogP) is 3.63. The lowest BCUT2D eigenvalue weighted by Gasteiger charge is -2.16. The third kappa shape index (κ3) is 7.52. The Labute approximate surface area is 171 Å². The average molecular weight is 454 g/mol. The van der Waals surface area contributed by atoms with E-state index in [4.69, 9.17) is 21.9 Å². The number of halogens is 4. The number of pyridine rings is 1. The summed E-state index contributed by atoms with van der Waals surface area (Å²) in [5, 5.41) is -0.0951. The number of benzene rings is 1. The van der Waals surface area contributed by atoms with Gasteiger partial charge in [0, 0.05) is 18.6 Å². The number of carbonyl (C=O) groups excluding carboxylic acids is 1. The molecule has 0 saturated heterocycles. The molecule has 1 aromatic carbocycles. The number of alkyl halides is 3. The number of nitrogens with two attached hydrogens (primary N) is 1. The summed E-state index contributed by atoms with van der Waals surface area (Å²) in [4.78, 5) is 16.3. The van der Waals surface area contributed by atoms with Crippen molar-refractivity contribution in [3.05, 3.63) is 52.7 Å². The number of rotatable bonds is 5. The van der Waals surface area contributed by atoms with Crippen molar-refractivity contribution in [1.82, 2.24) is 4.98 Å². The van der Waals surface area contributed by atoms with Gasteiger partial charge in [0.25, 0.3) is 10.1 Å². The molecule has 2 rings (SSSR count). The molecular weight excluding hydrogens is 435 g/mol. The van der Waals surface area contributed by atoms with Crippen molar-refractivity contribution >= 4 is 33.4 Å². The second kappa shape index (κ2) is 9.90. The lowest BCUT2D eigenvalue weighted by Crippen LogP contribution is -2.19. The summed E-state index contributed by atoms with van der Waals surface area (Å²) in [7, 11) is -2.26. The summed E-state index contributed by atoms with van der Waals surface area (Å²) < 4.78 is 67.2. The van der Waals surface area contributed by atoms with Gasteiger partial charge in [-0.25, -0.2) is 4.98 Å². The van der Waals surface area contributed by atoms with E-state index in [1.54, 1.807) is 6.07 Å². The van der Waals surface area contributed by atoms with Gasteiger partial charge in [-0.2, -0.15) is 21.6 Å². The van der Waals surface area contributed by atoms with Crippen molar-refractivity contribution in [3.63, 3.8) is 0 Å². The summed E-state index contributed by atoms with van der Waals surface area (Å²) in [5.41, 5.74) is 3.08. The van der Waals surface area contributed by atoms with Crippen LogP contribution in [0, 0.1) is 0 Å². The number of amides is 1. The minimum absolute atomic E-state index is 0.0951. The molecule has 29 heavy (non-hydrogen) atoms. The maximum atomic E-state index is 12.3. The van der Waals surface area contributed by atoms with Crippen LogP contribution in [0.2, 0.25) is 5.02 Å². The van der Waals surface area contributed by atoms with E-state index < -0.39 is 33.3 Å². The number of hydrogen-bond donors (Lipinski definition) is 2. The highest BCUT2D eigenvalue weighted by atomic mass is 35.5. The van der Waals surface area contributed by atoms with Crippen LogP contribution in [0.1, 0.15) is 29.3 Å². The highest BCUT2D eigenvalue weighted by Gasteiger charge is 2.34. The predicted molar refractivity (Wildman–Crippen MR) is 103 cm³/mol. The zero-order valence-corrected chi connectivity index (χ0v) is 17.0. The Hall–Kier alpha value is -2.37. The smallest absolute Gasteiger partial charge is 0.366 e. The molecule has 1 amide bonds. The van der Waals surface area contributed by atoms with E-state index >= 15 is 0 Å². The molecule has 160 valence electrons. The van der Waals surface area contributed by atoms with E-state index in [9.17, 15) is 26.4 Å². The van der Waals surface area contributed by atoms with Crippen LogP contribution in [-0.4, -0.2) is 37.5 Å². The molecule has 1 heterocycles. The van der Waals surface area contributed by atoms with Crippen molar-refractivity contribution in [2.75, 3.05) is 18.5 Å². The topological polar surface area (TPSA) is 114 Å². The standard InChI is InChI=1S/C9H14N2O3S.C8H5ClF3NO/c1-3-6-11(2)9-5-4-8(7-10-9)15(12,13)14;9-4-1-2-5(7(13)14)6(3-4)8(10,11)12/h4-5,7H,3,6H2,1-2H3,(H,12,13,14);1-3H,(H2,13,14). The van der Waals surface area contributed by atoms with E-state index in [2.05, 4.69) is 4.98 Å². The maximum absolute atomic E-state index is 12.3. The Kier molecular flexibility index (Phi) is 8.42. The van der Waals surface area contributed by atoms with Gasteiger partial charge in [-0.05, 0) is 36.8 Å². The van der Waals surface area contributed by atoms with Crippen LogP contribution in [-0.2, 0) is 16.3 Å². The highest BCUT2D eigenvalue weighted by Crippen LogP contribution is 2.33. The molecule has 12 heteroatoms. The van der Waals surface area contributed by atoms with Crippen LogP contribution < -0.4 is 10.6 Å². The summed E-state index contributed by atoms with van der Waals surface area (Å²) in [6, 6.07) is 5.70. The minimum atomic E-state index is -4.63. The zero-order chi connectivity index (χ0) is 22.4. The number of aromatic nitrogens is 1. The molecule has 0 aliphatic rings. The van der Waals surface area contributed by atoms with Crippen LogP contribution in [0.4, 0.5) is 19.0 Å². The first kappa shape index (κ1) is 24.7. The van der Waals surface area contributed by atoms with Gasteiger partial charge in [0.1, 0.15) is 10.7 Å². The largest absolute Gasteiger partial charge is 0.417 e. The van der Waals surface area contributed by atoms with Gasteiger partial charge in [0.15, 0.2) is 0 Å². The summed E-state index contributed by atoms with van der Waals surface area (Å²) in [6.45, 7) is 2.89. The van der Waals surface area contributed by atoms with E-state index in [1.165, 1.54) is 12.1 Å². The molecule has 0 spiro atoms. The first-order valence-corrected chi connectivity index (χ1v) is 9.90. The van der Waals surface area contributed by atoms with Gasteiger partial charge >= 0.3 is 6.18 Å². The molecule has 0 aliphatic heterocycles. The Morgan fingerprint density at radius 3 is 2.31 bits per heavy atom. The van der Waals surface area contributed by atoms with Gasteiger partial charge in [-0.1, -0.05) is 18.5 Å². The van der Waals surface area contributed by atoms with Crippen LogP contribution in [0.5, 0.6) is 0 Å². The van der Waals surface area contributed by atoms with Crippen molar-refractivity contribution in [1.29, 1.82) is 0 Å². The van der Waals surface area contributed by atoms with E-state index in [1.807, 2.05) is 18.9 Å². The fourth-order valence-electron chi connectivity index (χ4n) is 2.17. The molecule has 0 bridgehead atoms. The van der Waals surface area contributed by atoms with Crippen LogP contribution >= 0.6 is 11.6 Å². The Morgan fingerprint density at radius 1 is 1.28 bits per heavy atom. The minimum Gasteiger partial charge on any atom is -0.366 e. The van der Waals surface area contributed by atoms with Gasteiger partial charge < -0.3 is 10.6 Å². The van der Waals surface area contributed by atoms with E-state index in [-0.39, 0.29) is 9.92 Å². The lowest BCUT2D eigenvalue weighted by atomic mass is 10.1. The van der Waals surface area contributed by atoms with Crippen molar-refractivity contribution < 1.29 is 30.9 Å². The number of carbonyl (C=O) groups is 1. The number of primary amides is 1. The molecule has 1 aromatic heterocycles. The molecule has 0 radical (unpaired) electrons. The molecule has 0 atom stereocenters. The molecule has 2 aromatic rings. The molecule has 0 saturated carbocycles. The lowest BCUT2D eigenvalue weighted by molar-refractivity contribution is -0.137. The van der Waals surface area contributed by atoms with Crippen LogP contribution in [0.15, 0.2) is 41.4 Å². The Morgan fingerprint density at radius 2 is 1.90 bits per heavy atom. The first-order valence-electron chi connectivity index (χ1n) is 8.08. The SMILES string of the molecule is CCCN(C)c1ccc(S(=O)(=O)O)cn1.NC(=O)c1ccc(Cl)cc1C(F)(F)F. The molecule has 7 nitrogen and oxygen atoms in total. The number of hydrogen-bond acceptors (Lipinski definition) is 5. The number of anilines is 1. The van der Waals surface area contributed by atoms with Gasteiger partial charge in [0.2, 0.25) is 5.91 Å². The van der Waals surface area contributed by atoms with Crippen LogP contribution in [0.3, 0.4) is 0 Å². The highest BCUT2D eigenvalue weighted by molar-refractivity contribution is 7.85. The molecular formula is C17H19ClF3N3O4S. The Bertz CT molecular complexity index is 951. The summed E-state index contributed by atoms with van der Waals surface area (Å²) >= 11 is 5.38. The summed E-state index contributed by atoms with van der Waals surface area (Å²) in [5.74, 6) is -0.446. The number of nitrogens with zero attached hydrogens (tertiary/aromatic N) is 2. The van der Waals surface area contributed by atoms with Crippen molar-refractivity contribution in [2.45, 2.75) is 24.4 Å². The third-order valence-electron chi connectivity index (χ3n) is 3.52. The fourth-order valence-corrected chi connectivity index (χ4v) is 2.76. The molecule has 0 fully saturated rings. The average Bonchev–Trinajstić information content (AvgIpc) is 2.61. The van der Waals surface area contributed by atoms with E-state index in [0.29, 0.717) is 11.9 Å². The normalized spacial score (nSPS) is 11.4. The Balaban J connectivity index is 0.000000291. The van der Waals surface area contributed by atoms with Gasteiger partial charge in [-0.15, -0.1) is 0 Å². The second-order valence-corrected chi connectivity index (χ2v) is 7.66. The maximum Gasteiger partial charge on any atom is 0.417 e. The summed E-state index contributed by atoms with van der Waals surface area (Å²) in [6.07, 6.45) is -2.50. The van der Waals surface area contributed by atoms with Crippen molar-refractivity contribution in [3.8, 4) is 0 Å². The monoisotopic (exact) mass is 453 g/mol. The molecule has 3 N–H and O–H groups in total. The third-order valence-corrected chi connectivity index (χ3v) is 4.59. The fraction of sp³-hybridized carbons (Fsp3) is 0.294. The quantitative estimate of drug-likeness (QED) is 0.668.